The zero-order valence-corrected chi connectivity index (χ0v) is 47.0. The van der Waals surface area contributed by atoms with Crippen molar-refractivity contribution >= 4 is 5.97 Å². The summed E-state index contributed by atoms with van der Waals surface area (Å²) in [5, 5.41) is 12.6. The fraction of sp³-hybridized carbons (Fsp3) is 0.828. The van der Waals surface area contributed by atoms with Crippen LogP contribution in [0.4, 0.5) is 0 Å². The highest BCUT2D eigenvalue weighted by Gasteiger charge is 2.36. The first-order chi connectivity index (χ1) is 33.9. The number of rotatable bonds is 55. The number of carbonyl (C=O) groups is 1. The molecule has 5 heteroatoms. The summed E-state index contributed by atoms with van der Waals surface area (Å²) in [5.74, 6) is -0.136. The van der Waals surface area contributed by atoms with Crippen molar-refractivity contribution in [1.29, 1.82) is 0 Å². The second kappa shape index (κ2) is 55.4. The summed E-state index contributed by atoms with van der Waals surface area (Å²) >= 11 is 0. The maximum absolute atomic E-state index is 12.7. The summed E-state index contributed by atoms with van der Waals surface area (Å²) in [7, 11) is 4.07. The Morgan fingerprint density at radius 1 is 0.435 bits per heavy atom. The van der Waals surface area contributed by atoms with Gasteiger partial charge in [-0.2, -0.15) is 0 Å². The van der Waals surface area contributed by atoms with Gasteiger partial charge < -0.3 is 19.5 Å². The summed E-state index contributed by atoms with van der Waals surface area (Å²) in [4.78, 5) is 14.8. The van der Waals surface area contributed by atoms with Crippen molar-refractivity contribution in [2.75, 3.05) is 33.9 Å². The predicted molar refractivity (Wildman–Crippen MR) is 305 cm³/mol. The number of carbonyl (C=O) groups excluding carboxylic acids is 1. The van der Waals surface area contributed by atoms with Crippen LogP contribution in [0.2, 0.25) is 0 Å². The van der Waals surface area contributed by atoms with E-state index < -0.39 is 5.60 Å². The fourth-order valence-electron chi connectivity index (χ4n) is 9.26. The molecule has 404 valence electrons. The topological polar surface area (TPSA) is 59.0 Å². The van der Waals surface area contributed by atoms with E-state index in [0.717, 1.165) is 77.2 Å². The summed E-state index contributed by atoms with van der Waals surface area (Å²) in [5.41, 5.74) is -0.898. The fourth-order valence-corrected chi connectivity index (χ4v) is 9.26. The first kappa shape index (κ1) is 67.0. The number of ether oxygens (including phenoxy) is 2. The molecular formula is C64H119NO4. The Morgan fingerprint density at radius 3 is 1.17 bits per heavy atom. The van der Waals surface area contributed by atoms with Gasteiger partial charge in [0.25, 0.3) is 0 Å². The minimum atomic E-state index is -0.898. The lowest BCUT2D eigenvalue weighted by Gasteiger charge is -2.37. The molecule has 0 saturated carbocycles. The van der Waals surface area contributed by atoms with Gasteiger partial charge in [0.2, 0.25) is 0 Å². The summed E-state index contributed by atoms with van der Waals surface area (Å²) in [6, 6.07) is 0. The quantitative estimate of drug-likeness (QED) is 0.0374. The molecular weight excluding hydrogens is 847 g/mol. The molecule has 0 aromatic carbocycles. The Balaban J connectivity index is 5.15. The lowest BCUT2D eigenvalue weighted by molar-refractivity contribution is -0.150. The van der Waals surface area contributed by atoms with Crippen LogP contribution in [0.3, 0.4) is 0 Å². The maximum Gasteiger partial charge on any atom is 0.305 e. The van der Waals surface area contributed by atoms with E-state index in [1.165, 1.54) is 193 Å². The van der Waals surface area contributed by atoms with Gasteiger partial charge in [-0.1, -0.05) is 229 Å². The monoisotopic (exact) mass is 966 g/mol. The zero-order valence-electron chi connectivity index (χ0n) is 47.0. The van der Waals surface area contributed by atoms with Crippen molar-refractivity contribution in [3.8, 4) is 0 Å². The van der Waals surface area contributed by atoms with E-state index in [4.69, 9.17) is 9.47 Å². The summed E-state index contributed by atoms with van der Waals surface area (Å²) in [6.07, 6.45) is 73.7. The highest BCUT2D eigenvalue weighted by atomic mass is 16.5. The van der Waals surface area contributed by atoms with Crippen molar-refractivity contribution in [3.05, 3.63) is 60.8 Å². The molecule has 0 fully saturated rings. The summed E-state index contributed by atoms with van der Waals surface area (Å²) < 4.78 is 12.5. The Hall–Kier alpha value is -1.95. The molecule has 5 nitrogen and oxygen atoms in total. The second-order valence-electron chi connectivity index (χ2n) is 21.0. The predicted octanol–water partition coefficient (Wildman–Crippen LogP) is 19.8. The SMILES string of the molecule is CCCCC/C=C\C/C=C\CCCCCCCCC(O)(CCCCCCCC/C=C\C/C=C\CCCCC)C(CCOC(=O)CCCN(C)C)OCCCCCCCC/C=C\CCCCCCCC. The lowest BCUT2D eigenvalue weighted by Crippen LogP contribution is -2.45. The van der Waals surface area contributed by atoms with Crippen molar-refractivity contribution in [2.45, 2.75) is 309 Å². The molecule has 0 aliphatic heterocycles. The Kier molecular flexibility index (Phi) is 53.8. The molecule has 0 aromatic rings. The van der Waals surface area contributed by atoms with E-state index in [9.17, 15) is 9.90 Å². The molecule has 0 radical (unpaired) electrons. The van der Waals surface area contributed by atoms with Gasteiger partial charge in [-0.15, -0.1) is 0 Å². The molecule has 0 saturated heterocycles. The number of esters is 1. The van der Waals surface area contributed by atoms with Crippen LogP contribution in [0.15, 0.2) is 60.8 Å². The molecule has 0 aliphatic carbocycles. The van der Waals surface area contributed by atoms with Crippen LogP contribution in [0.25, 0.3) is 0 Å². The number of hydrogen-bond acceptors (Lipinski definition) is 5. The zero-order chi connectivity index (χ0) is 50.2. The van der Waals surface area contributed by atoms with E-state index in [1.54, 1.807) is 0 Å². The molecule has 0 aliphatic rings. The molecule has 69 heavy (non-hydrogen) atoms. The van der Waals surface area contributed by atoms with Gasteiger partial charge in [-0.05, 0) is 136 Å². The van der Waals surface area contributed by atoms with Crippen LogP contribution in [0.1, 0.15) is 297 Å². The summed E-state index contributed by atoms with van der Waals surface area (Å²) in [6.45, 7) is 8.67. The normalized spacial score (nSPS) is 13.0. The molecule has 0 bridgehead atoms. The molecule has 1 unspecified atom stereocenters. The van der Waals surface area contributed by atoms with Crippen LogP contribution < -0.4 is 0 Å². The first-order valence-electron chi connectivity index (χ1n) is 30.3. The maximum atomic E-state index is 12.7. The second-order valence-corrected chi connectivity index (χ2v) is 21.0. The molecule has 0 aromatic heterocycles. The third kappa shape index (κ3) is 50.8. The third-order valence-electron chi connectivity index (χ3n) is 13.8. The number of hydrogen-bond donors (Lipinski definition) is 1. The van der Waals surface area contributed by atoms with Gasteiger partial charge in [-0.25, -0.2) is 0 Å². The highest BCUT2D eigenvalue weighted by Crippen LogP contribution is 2.31. The number of unbranched alkanes of at least 4 members (excludes halogenated alkanes) is 30. The van der Waals surface area contributed by atoms with E-state index in [1.807, 2.05) is 14.1 Å². The van der Waals surface area contributed by atoms with Crippen LogP contribution >= 0.6 is 0 Å². The van der Waals surface area contributed by atoms with Crippen molar-refractivity contribution in [2.24, 2.45) is 0 Å². The Bertz CT molecular complexity index is 1140. The molecule has 0 spiro atoms. The van der Waals surface area contributed by atoms with Gasteiger partial charge in [-0.3, -0.25) is 4.79 Å². The van der Waals surface area contributed by atoms with Crippen LogP contribution in [-0.4, -0.2) is 61.5 Å². The van der Waals surface area contributed by atoms with E-state index in [2.05, 4.69) is 86.4 Å². The molecule has 0 amide bonds. The Morgan fingerprint density at radius 2 is 0.768 bits per heavy atom. The number of nitrogens with zero attached hydrogens (tertiary/aromatic N) is 1. The van der Waals surface area contributed by atoms with Crippen LogP contribution in [-0.2, 0) is 14.3 Å². The Labute approximate surface area is 431 Å². The van der Waals surface area contributed by atoms with Gasteiger partial charge in [0.05, 0.1) is 18.3 Å². The molecule has 1 N–H and O–H groups in total. The largest absolute Gasteiger partial charge is 0.466 e. The molecule has 1 atom stereocenters. The minimum Gasteiger partial charge on any atom is -0.466 e. The van der Waals surface area contributed by atoms with Crippen molar-refractivity contribution < 1.29 is 19.4 Å². The van der Waals surface area contributed by atoms with Crippen LogP contribution in [0.5, 0.6) is 0 Å². The minimum absolute atomic E-state index is 0.136. The smallest absolute Gasteiger partial charge is 0.305 e. The first-order valence-corrected chi connectivity index (χ1v) is 30.3. The van der Waals surface area contributed by atoms with Crippen LogP contribution in [0, 0.1) is 0 Å². The van der Waals surface area contributed by atoms with E-state index >= 15 is 0 Å². The molecule has 0 rings (SSSR count). The third-order valence-corrected chi connectivity index (χ3v) is 13.8. The van der Waals surface area contributed by atoms with Gasteiger partial charge in [0.1, 0.15) is 0 Å². The molecule has 0 heterocycles. The number of allylic oxidation sites excluding steroid dienone is 10. The van der Waals surface area contributed by atoms with Crippen molar-refractivity contribution in [1.82, 2.24) is 4.90 Å². The number of aliphatic hydroxyl groups is 1. The van der Waals surface area contributed by atoms with Gasteiger partial charge in [0.15, 0.2) is 0 Å². The highest BCUT2D eigenvalue weighted by molar-refractivity contribution is 5.69. The van der Waals surface area contributed by atoms with Gasteiger partial charge >= 0.3 is 5.97 Å². The van der Waals surface area contributed by atoms with E-state index in [-0.39, 0.29) is 12.1 Å². The average molecular weight is 967 g/mol. The van der Waals surface area contributed by atoms with E-state index in [0.29, 0.717) is 26.1 Å². The van der Waals surface area contributed by atoms with Gasteiger partial charge in [0, 0.05) is 19.4 Å². The average Bonchev–Trinajstić information content (AvgIpc) is 3.34. The lowest BCUT2D eigenvalue weighted by atomic mass is 9.83. The van der Waals surface area contributed by atoms with Crippen molar-refractivity contribution in [3.63, 3.8) is 0 Å². The standard InChI is InChI=1S/C64H119NO4/c1-6-9-12-15-18-21-24-27-30-33-36-39-42-45-48-51-57-64(67,58-52-49-46-43-40-37-34-31-28-25-22-19-16-13-10-7-2)62(56-61-69-63(66)55-54-59-65(4)5)68-60-53-50-47-44-41-38-35-32-29-26-23-20-17-14-11-8-3/h18-19,21-22,27-32,62,67H,6-17,20,23-26,33-61H2,1-5H3/b21-18-,22-19-,30-27-,31-28-,32-29-.